The van der Waals surface area contributed by atoms with Crippen molar-refractivity contribution in [1.82, 2.24) is 15.0 Å². The van der Waals surface area contributed by atoms with Gasteiger partial charge in [0.25, 0.3) is 5.56 Å². The van der Waals surface area contributed by atoms with Gasteiger partial charge in [-0.1, -0.05) is 6.07 Å². The van der Waals surface area contributed by atoms with Crippen molar-refractivity contribution in [2.75, 3.05) is 0 Å². The molecule has 0 aromatic carbocycles. The largest absolute Gasteiger partial charge is 0.305 e. The van der Waals surface area contributed by atoms with E-state index in [4.69, 9.17) is 0 Å². The van der Waals surface area contributed by atoms with E-state index in [-0.39, 0.29) is 5.56 Å². The van der Waals surface area contributed by atoms with Crippen LogP contribution in [0, 0.1) is 20.8 Å². The van der Waals surface area contributed by atoms with E-state index in [0.717, 1.165) is 11.4 Å². The second-order valence-electron chi connectivity index (χ2n) is 3.79. The molecule has 0 aliphatic heterocycles. The molecule has 0 spiro atoms. The van der Waals surface area contributed by atoms with Crippen LogP contribution < -0.4 is 5.56 Å². The van der Waals surface area contributed by atoms with Crippen LogP contribution in [0.4, 0.5) is 0 Å². The molecule has 2 rings (SSSR count). The number of H-pyrrole nitrogens is 1. The summed E-state index contributed by atoms with van der Waals surface area (Å²) in [5.74, 6) is 0.525. The Morgan fingerprint density at radius 3 is 2.50 bits per heavy atom. The van der Waals surface area contributed by atoms with Gasteiger partial charge in [0.1, 0.15) is 5.69 Å². The fourth-order valence-corrected chi connectivity index (χ4v) is 1.44. The van der Waals surface area contributed by atoms with E-state index in [1.54, 1.807) is 6.92 Å². The molecule has 0 radical (unpaired) electrons. The molecule has 0 bridgehead atoms. The van der Waals surface area contributed by atoms with Crippen molar-refractivity contribution in [2.24, 2.45) is 0 Å². The third-order valence-electron chi connectivity index (χ3n) is 2.53. The van der Waals surface area contributed by atoms with E-state index in [1.807, 2.05) is 32.0 Å². The van der Waals surface area contributed by atoms with Gasteiger partial charge in [-0.25, -0.2) is 9.97 Å². The first-order valence-electron chi connectivity index (χ1n) is 5.09. The van der Waals surface area contributed by atoms with Crippen molar-refractivity contribution in [1.29, 1.82) is 0 Å². The van der Waals surface area contributed by atoms with Gasteiger partial charge in [-0.15, -0.1) is 0 Å². The summed E-state index contributed by atoms with van der Waals surface area (Å²) in [6, 6.07) is 5.63. The second kappa shape index (κ2) is 3.89. The minimum atomic E-state index is -0.106. The van der Waals surface area contributed by atoms with Gasteiger partial charge < -0.3 is 4.98 Å². The van der Waals surface area contributed by atoms with Crippen LogP contribution in [0.3, 0.4) is 0 Å². The highest BCUT2D eigenvalue weighted by atomic mass is 16.1. The van der Waals surface area contributed by atoms with E-state index in [9.17, 15) is 4.79 Å². The van der Waals surface area contributed by atoms with E-state index in [2.05, 4.69) is 15.0 Å². The van der Waals surface area contributed by atoms with Crippen LogP contribution >= 0.6 is 0 Å². The van der Waals surface area contributed by atoms with Crippen molar-refractivity contribution in [3.63, 3.8) is 0 Å². The van der Waals surface area contributed by atoms with E-state index < -0.39 is 0 Å². The first-order chi connectivity index (χ1) is 7.58. The molecule has 2 aromatic heterocycles. The average Bonchev–Trinajstić information content (AvgIpc) is 2.25. The molecular formula is C12H13N3O. The van der Waals surface area contributed by atoms with Crippen LogP contribution in [0.25, 0.3) is 11.5 Å². The van der Waals surface area contributed by atoms with Crippen LogP contribution in [0.2, 0.25) is 0 Å². The van der Waals surface area contributed by atoms with Crippen LogP contribution in [-0.4, -0.2) is 15.0 Å². The predicted octanol–water partition coefficient (Wildman–Crippen LogP) is 1.76. The second-order valence-corrected chi connectivity index (χ2v) is 3.79. The van der Waals surface area contributed by atoms with Crippen molar-refractivity contribution < 1.29 is 0 Å². The van der Waals surface area contributed by atoms with Crippen molar-refractivity contribution in [2.45, 2.75) is 20.8 Å². The van der Waals surface area contributed by atoms with Gasteiger partial charge in [0.2, 0.25) is 0 Å². The van der Waals surface area contributed by atoms with Crippen LogP contribution in [-0.2, 0) is 0 Å². The molecule has 0 aliphatic carbocycles. The maximum absolute atomic E-state index is 11.6. The first kappa shape index (κ1) is 10.5. The number of pyridine rings is 1. The van der Waals surface area contributed by atoms with Gasteiger partial charge in [-0.3, -0.25) is 4.79 Å². The molecule has 4 nitrogen and oxygen atoms in total. The molecule has 0 unspecified atom stereocenters. The molecule has 0 saturated carbocycles. The predicted molar refractivity (Wildman–Crippen MR) is 62.3 cm³/mol. The molecule has 0 fully saturated rings. The Balaban J connectivity index is 2.61. The quantitative estimate of drug-likeness (QED) is 0.788. The van der Waals surface area contributed by atoms with E-state index in [0.29, 0.717) is 17.1 Å². The van der Waals surface area contributed by atoms with Gasteiger partial charge >= 0.3 is 0 Å². The van der Waals surface area contributed by atoms with Gasteiger partial charge in [-0.05, 0) is 32.9 Å². The summed E-state index contributed by atoms with van der Waals surface area (Å²) in [5, 5.41) is 0. The van der Waals surface area contributed by atoms with Gasteiger partial charge in [-0.2, -0.15) is 0 Å². The molecule has 2 aromatic rings. The number of aromatic amines is 1. The Bertz CT molecular complexity index is 587. The topological polar surface area (TPSA) is 58.6 Å². The number of aryl methyl sites for hydroxylation is 2. The lowest BCUT2D eigenvalue weighted by molar-refractivity contribution is 1.01. The van der Waals surface area contributed by atoms with Gasteiger partial charge in [0.15, 0.2) is 5.82 Å². The Morgan fingerprint density at radius 2 is 1.88 bits per heavy atom. The van der Waals surface area contributed by atoms with E-state index >= 15 is 0 Å². The van der Waals surface area contributed by atoms with Crippen molar-refractivity contribution in [3.8, 4) is 11.5 Å². The third-order valence-corrected chi connectivity index (χ3v) is 2.53. The standard InChI is InChI=1S/C12H13N3O/c1-7-5-4-6-10(13-7)11-14-9(3)8(2)12(16)15-11/h4-6H,1-3H3,(H,14,15,16). The SMILES string of the molecule is Cc1cccc(-c2nc(C)c(C)c(=O)[nH]2)n1. The van der Waals surface area contributed by atoms with Crippen LogP contribution in [0.15, 0.2) is 23.0 Å². The molecule has 0 amide bonds. The highest BCUT2D eigenvalue weighted by molar-refractivity contribution is 5.49. The summed E-state index contributed by atoms with van der Waals surface area (Å²) in [5.41, 5.74) is 2.88. The van der Waals surface area contributed by atoms with Crippen LogP contribution in [0.5, 0.6) is 0 Å². The Labute approximate surface area is 93.4 Å². The molecular weight excluding hydrogens is 202 g/mol. The van der Waals surface area contributed by atoms with Crippen molar-refractivity contribution in [3.05, 3.63) is 45.5 Å². The monoisotopic (exact) mass is 215 g/mol. The molecule has 0 atom stereocenters. The highest BCUT2D eigenvalue weighted by Gasteiger charge is 2.06. The minimum Gasteiger partial charge on any atom is -0.305 e. The summed E-state index contributed by atoms with van der Waals surface area (Å²) in [4.78, 5) is 23.0. The van der Waals surface area contributed by atoms with Crippen LogP contribution in [0.1, 0.15) is 17.0 Å². The maximum Gasteiger partial charge on any atom is 0.254 e. The number of nitrogens with zero attached hydrogens (tertiary/aromatic N) is 2. The molecule has 1 N–H and O–H groups in total. The Hall–Kier alpha value is -1.97. The Kier molecular flexibility index (Phi) is 2.56. The summed E-state index contributed by atoms with van der Waals surface area (Å²) in [7, 11) is 0. The highest BCUT2D eigenvalue weighted by Crippen LogP contribution is 2.11. The number of hydrogen-bond acceptors (Lipinski definition) is 3. The normalized spacial score (nSPS) is 10.4. The Morgan fingerprint density at radius 1 is 1.12 bits per heavy atom. The number of rotatable bonds is 1. The smallest absolute Gasteiger partial charge is 0.254 e. The zero-order valence-electron chi connectivity index (χ0n) is 9.53. The molecule has 4 heteroatoms. The fourth-order valence-electron chi connectivity index (χ4n) is 1.44. The molecule has 16 heavy (non-hydrogen) atoms. The summed E-state index contributed by atoms with van der Waals surface area (Å²) in [6.07, 6.45) is 0. The molecule has 0 saturated heterocycles. The van der Waals surface area contributed by atoms with Gasteiger partial charge in [0, 0.05) is 17.0 Å². The van der Waals surface area contributed by atoms with Crippen molar-refractivity contribution >= 4 is 0 Å². The maximum atomic E-state index is 11.6. The summed E-state index contributed by atoms with van der Waals surface area (Å²) in [6.45, 7) is 5.49. The average molecular weight is 215 g/mol. The number of aromatic nitrogens is 3. The molecule has 82 valence electrons. The molecule has 2 heterocycles. The lowest BCUT2D eigenvalue weighted by atomic mass is 10.2. The third kappa shape index (κ3) is 1.86. The zero-order valence-corrected chi connectivity index (χ0v) is 9.53. The lowest BCUT2D eigenvalue weighted by Gasteiger charge is -2.04. The number of hydrogen-bond donors (Lipinski definition) is 1. The number of nitrogens with one attached hydrogen (secondary N) is 1. The molecule has 0 aliphatic rings. The zero-order chi connectivity index (χ0) is 11.7. The van der Waals surface area contributed by atoms with E-state index in [1.165, 1.54) is 0 Å². The minimum absolute atomic E-state index is 0.106. The fraction of sp³-hybridized carbons (Fsp3) is 0.250. The first-order valence-corrected chi connectivity index (χ1v) is 5.09. The van der Waals surface area contributed by atoms with Gasteiger partial charge in [0.05, 0.1) is 0 Å². The summed E-state index contributed by atoms with van der Waals surface area (Å²) < 4.78 is 0. The lowest BCUT2D eigenvalue weighted by Crippen LogP contribution is -2.14. The summed E-state index contributed by atoms with van der Waals surface area (Å²) >= 11 is 0.